The first-order valence-corrected chi connectivity index (χ1v) is 7.33. The summed E-state index contributed by atoms with van der Waals surface area (Å²) in [6.45, 7) is 0.0819. The van der Waals surface area contributed by atoms with Gasteiger partial charge >= 0.3 is 0 Å². The molecule has 1 aromatic carbocycles. The summed E-state index contributed by atoms with van der Waals surface area (Å²) in [6, 6.07) is 9.14. The van der Waals surface area contributed by atoms with Crippen molar-refractivity contribution in [2.45, 2.75) is 38.5 Å². The van der Waals surface area contributed by atoms with Gasteiger partial charge in [-0.05, 0) is 32.1 Å². The van der Waals surface area contributed by atoms with Gasteiger partial charge in [-0.2, -0.15) is 0 Å². The van der Waals surface area contributed by atoms with Gasteiger partial charge in [0.1, 0.15) is 0 Å². The third kappa shape index (κ3) is 10.3. The summed E-state index contributed by atoms with van der Waals surface area (Å²) in [7, 11) is 0. The minimum Gasteiger partial charge on any atom is -0.396 e. The first-order valence-electron chi connectivity index (χ1n) is 7.33. The SMILES string of the molecule is C1=C\CC/C=C\CC/1.O=C(CCCO)c1ccccc1.[Ru]. The van der Waals surface area contributed by atoms with Crippen LogP contribution < -0.4 is 0 Å². The fourth-order valence-electron chi connectivity index (χ4n) is 1.86. The van der Waals surface area contributed by atoms with Crippen molar-refractivity contribution in [1.29, 1.82) is 0 Å². The van der Waals surface area contributed by atoms with Crippen LogP contribution in [0.4, 0.5) is 0 Å². The molecule has 0 unspecified atom stereocenters. The molecule has 3 heteroatoms. The minimum absolute atomic E-state index is 0. The molecular weight excluding hydrogens is 349 g/mol. The Kier molecular flexibility index (Phi) is 13.2. The number of benzene rings is 1. The number of aliphatic hydroxyl groups excluding tert-OH is 1. The molecule has 1 aromatic rings. The summed E-state index contributed by atoms with van der Waals surface area (Å²) >= 11 is 0. The molecule has 21 heavy (non-hydrogen) atoms. The van der Waals surface area contributed by atoms with E-state index in [1.807, 2.05) is 18.2 Å². The van der Waals surface area contributed by atoms with Crippen LogP contribution in [0.3, 0.4) is 0 Å². The van der Waals surface area contributed by atoms with Crippen molar-refractivity contribution in [1.82, 2.24) is 0 Å². The number of Topliss-reactive ketones (excluding diaryl/α,β-unsaturated/α-hetero) is 1. The monoisotopic (exact) mass is 374 g/mol. The Morgan fingerprint density at radius 1 is 0.905 bits per heavy atom. The van der Waals surface area contributed by atoms with Gasteiger partial charge in [0.15, 0.2) is 5.78 Å². The Labute approximate surface area is 140 Å². The number of carbonyl (C=O) groups excluding carboxylic acids is 1. The van der Waals surface area contributed by atoms with Crippen molar-refractivity contribution >= 4 is 5.78 Å². The zero-order valence-corrected chi connectivity index (χ0v) is 14.1. The maximum atomic E-state index is 11.3. The first kappa shape index (κ1) is 20.0. The smallest absolute Gasteiger partial charge is 0.162 e. The van der Waals surface area contributed by atoms with Crippen molar-refractivity contribution in [3.63, 3.8) is 0 Å². The van der Waals surface area contributed by atoms with E-state index >= 15 is 0 Å². The molecule has 0 aliphatic heterocycles. The average Bonchev–Trinajstić information content (AvgIpc) is 2.45. The average molecular weight is 373 g/mol. The van der Waals surface area contributed by atoms with Gasteiger partial charge in [0.05, 0.1) is 0 Å². The van der Waals surface area contributed by atoms with Crippen molar-refractivity contribution in [3.05, 3.63) is 60.2 Å². The van der Waals surface area contributed by atoms with E-state index in [2.05, 4.69) is 24.3 Å². The second-order valence-corrected chi connectivity index (χ2v) is 4.71. The predicted molar refractivity (Wildman–Crippen MR) is 83.8 cm³/mol. The van der Waals surface area contributed by atoms with E-state index in [4.69, 9.17) is 5.11 Å². The Bertz CT molecular complexity index is 398. The molecule has 0 spiro atoms. The van der Waals surface area contributed by atoms with E-state index in [0.29, 0.717) is 12.8 Å². The van der Waals surface area contributed by atoms with Gasteiger partial charge in [0.25, 0.3) is 0 Å². The fourth-order valence-corrected chi connectivity index (χ4v) is 1.86. The molecule has 2 nitrogen and oxygen atoms in total. The number of hydrogen-bond acceptors (Lipinski definition) is 2. The maximum Gasteiger partial charge on any atom is 0.162 e. The van der Waals surface area contributed by atoms with E-state index in [0.717, 1.165) is 5.56 Å². The second kappa shape index (κ2) is 13.9. The summed E-state index contributed by atoms with van der Waals surface area (Å²) < 4.78 is 0. The van der Waals surface area contributed by atoms with Crippen LogP contribution in [0.1, 0.15) is 48.9 Å². The van der Waals surface area contributed by atoms with E-state index in [9.17, 15) is 4.79 Å². The van der Waals surface area contributed by atoms with Gasteiger partial charge in [0.2, 0.25) is 0 Å². The number of allylic oxidation sites excluding steroid dienone is 4. The Morgan fingerprint density at radius 3 is 1.81 bits per heavy atom. The number of aliphatic hydroxyl groups is 1. The summed E-state index contributed by atoms with van der Waals surface area (Å²) in [6.07, 6.45) is 15.0. The molecule has 2 rings (SSSR count). The molecule has 116 valence electrons. The van der Waals surface area contributed by atoms with Crippen LogP contribution >= 0.6 is 0 Å². The molecule has 0 saturated heterocycles. The Morgan fingerprint density at radius 2 is 1.38 bits per heavy atom. The van der Waals surface area contributed by atoms with Gasteiger partial charge in [-0.15, -0.1) is 0 Å². The zero-order valence-electron chi connectivity index (χ0n) is 12.4. The largest absolute Gasteiger partial charge is 0.396 e. The fraction of sp³-hybridized carbons (Fsp3) is 0.389. The van der Waals surface area contributed by atoms with Gasteiger partial charge in [0, 0.05) is 38.1 Å². The quantitative estimate of drug-likeness (QED) is 0.485. The van der Waals surface area contributed by atoms with E-state index in [1.54, 1.807) is 12.1 Å². The first-order chi connectivity index (χ1) is 9.84. The van der Waals surface area contributed by atoms with Crippen LogP contribution in [0.25, 0.3) is 0 Å². The van der Waals surface area contributed by atoms with Crippen LogP contribution in [0, 0.1) is 0 Å². The summed E-state index contributed by atoms with van der Waals surface area (Å²) in [4.78, 5) is 11.3. The molecular formula is C18H24O2Ru. The number of rotatable bonds is 4. The molecule has 0 aromatic heterocycles. The van der Waals surface area contributed by atoms with Gasteiger partial charge in [-0.1, -0.05) is 54.6 Å². The van der Waals surface area contributed by atoms with Crippen molar-refractivity contribution in [2.75, 3.05) is 6.61 Å². The molecule has 1 aliphatic rings. The number of carbonyl (C=O) groups is 1. The van der Waals surface area contributed by atoms with Crippen LogP contribution in [0.5, 0.6) is 0 Å². The third-order valence-electron chi connectivity index (χ3n) is 2.99. The van der Waals surface area contributed by atoms with Crippen LogP contribution in [-0.4, -0.2) is 17.5 Å². The minimum atomic E-state index is 0. The van der Waals surface area contributed by atoms with Gasteiger partial charge in [-0.25, -0.2) is 0 Å². The Balaban J connectivity index is 0.000000390. The van der Waals surface area contributed by atoms with E-state index in [1.165, 1.54) is 25.7 Å². The van der Waals surface area contributed by atoms with E-state index in [-0.39, 0.29) is 31.9 Å². The van der Waals surface area contributed by atoms with Crippen molar-refractivity contribution in [2.24, 2.45) is 0 Å². The molecule has 0 heterocycles. The van der Waals surface area contributed by atoms with Crippen LogP contribution in [-0.2, 0) is 19.5 Å². The molecule has 0 atom stereocenters. The van der Waals surface area contributed by atoms with Gasteiger partial charge in [-0.3, -0.25) is 4.79 Å². The normalized spacial score (nSPS) is 16.2. The summed E-state index contributed by atoms with van der Waals surface area (Å²) in [5, 5.41) is 8.51. The predicted octanol–water partition coefficient (Wildman–Crippen LogP) is 4.31. The second-order valence-electron chi connectivity index (χ2n) is 4.71. The summed E-state index contributed by atoms with van der Waals surface area (Å²) in [5.74, 6) is 0.102. The molecule has 1 N–H and O–H groups in total. The maximum absolute atomic E-state index is 11.3. The van der Waals surface area contributed by atoms with E-state index < -0.39 is 0 Å². The van der Waals surface area contributed by atoms with Crippen molar-refractivity contribution < 1.29 is 29.4 Å². The van der Waals surface area contributed by atoms with Crippen molar-refractivity contribution in [3.8, 4) is 0 Å². The summed E-state index contributed by atoms with van der Waals surface area (Å²) in [5.41, 5.74) is 0.728. The standard InChI is InChI=1S/C10H12O2.C8H12.Ru/c11-8-4-7-10(12)9-5-2-1-3-6-9;1-2-4-6-8-7-5-3-1;/h1-3,5-6,11H,4,7-8H2;1-2,7-8H,3-6H2;/b;2-1-,8-7-;. The van der Waals surface area contributed by atoms with Crippen LogP contribution in [0.15, 0.2) is 54.6 Å². The topological polar surface area (TPSA) is 37.3 Å². The molecule has 0 amide bonds. The molecule has 0 bridgehead atoms. The molecule has 0 saturated carbocycles. The molecule has 0 radical (unpaired) electrons. The molecule has 1 aliphatic carbocycles. The van der Waals surface area contributed by atoms with Gasteiger partial charge < -0.3 is 5.11 Å². The third-order valence-corrected chi connectivity index (χ3v) is 2.99. The van der Waals surface area contributed by atoms with Crippen LogP contribution in [0.2, 0.25) is 0 Å². The number of hydrogen-bond donors (Lipinski definition) is 1. The number of ketones is 1. The Hall–Kier alpha value is -1.05. The zero-order chi connectivity index (χ0) is 14.5. The molecule has 0 fully saturated rings.